The molecule has 0 heterocycles. The molecule has 0 aliphatic rings. The standard InChI is InChI=1S/C13H20N4O2/c1-9(12(18)16-13(19)15-2)17(3)8-10-5-4-6-11(14)7-10/h4-7,9H,8,14H2,1-3H3,(H2,15,16,18,19). The SMILES string of the molecule is CNC(=O)NC(=O)C(C)N(C)Cc1cccc(N)c1. The van der Waals surface area contributed by atoms with Gasteiger partial charge in [-0.3, -0.25) is 15.0 Å². The minimum absolute atomic E-state index is 0.342. The molecule has 3 amide bonds. The number of likely N-dealkylation sites (N-methyl/N-ethyl adjacent to an activating group) is 1. The third kappa shape index (κ3) is 4.59. The molecule has 0 spiro atoms. The molecule has 1 unspecified atom stereocenters. The lowest BCUT2D eigenvalue weighted by Crippen LogP contribution is -2.47. The van der Waals surface area contributed by atoms with Gasteiger partial charge >= 0.3 is 6.03 Å². The molecule has 1 aromatic carbocycles. The maximum Gasteiger partial charge on any atom is 0.321 e. The molecule has 0 saturated carbocycles. The Bertz CT molecular complexity index is 462. The maximum absolute atomic E-state index is 11.8. The molecular formula is C13H20N4O2. The van der Waals surface area contributed by atoms with Gasteiger partial charge in [0.1, 0.15) is 0 Å². The Labute approximate surface area is 113 Å². The summed E-state index contributed by atoms with van der Waals surface area (Å²) in [5.41, 5.74) is 7.41. The third-order valence-electron chi connectivity index (χ3n) is 2.89. The molecule has 1 rings (SSSR count). The normalized spacial score (nSPS) is 12.0. The number of anilines is 1. The molecule has 19 heavy (non-hydrogen) atoms. The number of nitrogen functional groups attached to an aromatic ring is 1. The zero-order chi connectivity index (χ0) is 14.4. The Morgan fingerprint density at radius 2 is 2.11 bits per heavy atom. The van der Waals surface area contributed by atoms with E-state index in [2.05, 4.69) is 10.6 Å². The second-order valence-electron chi connectivity index (χ2n) is 4.40. The van der Waals surface area contributed by atoms with Gasteiger partial charge in [0.25, 0.3) is 0 Å². The van der Waals surface area contributed by atoms with E-state index in [9.17, 15) is 9.59 Å². The van der Waals surface area contributed by atoms with E-state index in [1.54, 1.807) is 6.92 Å². The summed E-state index contributed by atoms with van der Waals surface area (Å²) in [6.07, 6.45) is 0. The minimum atomic E-state index is -0.505. The Hall–Kier alpha value is -2.08. The highest BCUT2D eigenvalue weighted by atomic mass is 16.2. The predicted octanol–water partition coefficient (Wildman–Crippen LogP) is 0.545. The molecule has 6 heteroatoms. The molecule has 6 nitrogen and oxygen atoms in total. The van der Waals surface area contributed by atoms with Crippen molar-refractivity contribution in [1.29, 1.82) is 0 Å². The van der Waals surface area contributed by atoms with Crippen molar-refractivity contribution in [2.45, 2.75) is 19.5 Å². The van der Waals surface area contributed by atoms with Crippen LogP contribution < -0.4 is 16.4 Å². The second-order valence-corrected chi connectivity index (χ2v) is 4.40. The molecule has 0 saturated heterocycles. The number of carbonyl (C=O) groups excluding carboxylic acids is 2. The number of rotatable bonds is 4. The largest absolute Gasteiger partial charge is 0.399 e. The zero-order valence-corrected chi connectivity index (χ0v) is 11.4. The second kappa shape index (κ2) is 6.75. The minimum Gasteiger partial charge on any atom is -0.399 e. The van der Waals surface area contributed by atoms with Crippen LogP contribution in [0.4, 0.5) is 10.5 Å². The molecule has 0 aliphatic heterocycles. The summed E-state index contributed by atoms with van der Waals surface area (Å²) in [6, 6.07) is 6.56. The van der Waals surface area contributed by atoms with Gasteiger partial charge in [-0.1, -0.05) is 12.1 Å². The van der Waals surface area contributed by atoms with Crippen LogP contribution in [0.2, 0.25) is 0 Å². The Kier molecular flexibility index (Phi) is 5.32. The highest BCUT2D eigenvalue weighted by molar-refractivity contribution is 5.96. The average molecular weight is 264 g/mol. The number of imide groups is 1. The fourth-order valence-electron chi connectivity index (χ4n) is 1.60. The van der Waals surface area contributed by atoms with Gasteiger partial charge in [-0.05, 0) is 31.7 Å². The first kappa shape index (κ1) is 15.0. The molecular weight excluding hydrogens is 244 g/mol. The van der Waals surface area contributed by atoms with Crippen molar-refractivity contribution in [3.63, 3.8) is 0 Å². The number of nitrogens with one attached hydrogen (secondary N) is 2. The summed E-state index contributed by atoms with van der Waals surface area (Å²) in [5, 5.41) is 4.59. The summed E-state index contributed by atoms with van der Waals surface area (Å²) in [6.45, 7) is 2.32. The average Bonchev–Trinajstić information content (AvgIpc) is 2.37. The van der Waals surface area contributed by atoms with Gasteiger partial charge in [0.2, 0.25) is 5.91 Å². The van der Waals surface area contributed by atoms with Crippen molar-refractivity contribution < 1.29 is 9.59 Å². The molecule has 0 fully saturated rings. The quantitative estimate of drug-likeness (QED) is 0.693. The lowest BCUT2D eigenvalue weighted by molar-refractivity contribution is -0.124. The van der Waals surface area contributed by atoms with Crippen LogP contribution >= 0.6 is 0 Å². The first-order valence-corrected chi connectivity index (χ1v) is 6.01. The number of hydrogen-bond donors (Lipinski definition) is 3. The Morgan fingerprint density at radius 1 is 1.42 bits per heavy atom. The molecule has 1 aromatic rings. The number of urea groups is 1. The van der Waals surface area contributed by atoms with E-state index in [0.29, 0.717) is 12.2 Å². The van der Waals surface area contributed by atoms with Crippen molar-refractivity contribution in [3.05, 3.63) is 29.8 Å². The van der Waals surface area contributed by atoms with Crippen molar-refractivity contribution >= 4 is 17.6 Å². The monoisotopic (exact) mass is 264 g/mol. The van der Waals surface area contributed by atoms with Crippen molar-refractivity contribution in [2.75, 3.05) is 19.8 Å². The van der Waals surface area contributed by atoms with Gasteiger partial charge in [0.15, 0.2) is 0 Å². The van der Waals surface area contributed by atoms with Crippen LogP contribution in [0.25, 0.3) is 0 Å². The van der Waals surface area contributed by atoms with Crippen LogP contribution in [0.5, 0.6) is 0 Å². The van der Waals surface area contributed by atoms with E-state index in [-0.39, 0.29) is 5.91 Å². The first-order chi connectivity index (χ1) is 8.93. The van der Waals surface area contributed by atoms with E-state index < -0.39 is 12.1 Å². The van der Waals surface area contributed by atoms with E-state index in [1.165, 1.54) is 7.05 Å². The van der Waals surface area contributed by atoms with Gasteiger partial charge in [0.05, 0.1) is 6.04 Å². The van der Waals surface area contributed by atoms with Crippen LogP contribution in [0.15, 0.2) is 24.3 Å². The summed E-state index contributed by atoms with van der Waals surface area (Å²) in [5.74, 6) is -0.342. The molecule has 0 bridgehead atoms. The van der Waals surface area contributed by atoms with Crippen LogP contribution in [-0.2, 0) is 11.3 Å². The van der Waals surface area contributed by atoms with Crippen LogP contribution in [0.3, 0.4) is 0 Å². The number of benzene rings is 1. The topological polar surface area (TPSA) is 87.5 Å². The van der Waals surface area contributed by atoms with Crippen LogP contribution in [0, 0.1) is 0 Å². The zero-order valence-electron chi connectivity index (χ0n) is 11.4. The number of nitrogens with zero attached hydrogens (tertiary/aromatic N) is 1. The van der Waals surface area contributed by atoms with Gasteiger partial charge in [-0.15, -0.1) is 0 Å². The van der Waals surface area contributed by atoms with E-state index >= 15 is 0 Å². The molecule has 0 radical (unpaired) electrons. The smallest absolute Gasteiger partial charge is 0.321 e. The van der Waals surface area contributed by atoms with Gasteiger partial charge in [-0.2, -0.15) is 0 Å². The van der Waals surface area contributed by atoms with E-state index in [4.69, 9.17) is 5.73 Å². The predicted molar refractivity (Wildman–Crippen MR) is 74.4 cm³/mol. The lowest BCUT2D eigenvalue weighted by atomic mass is 10.1. The molecule has 1 atom stereocenters. The number of amides is 3. The third-order valence-corrected chi connectivity index (χ3v) is 2.89. The highest BCUT2D eigenvalue weighted by Crippen LogP contribution is 2.10. The molecule has 104 valence electrons. The lowest BCUT2D eigenvalue weighted by Gasteiger charge is -2.23. The number of hydrogen-bond acceptors (Lipinski definition) is 4. The fourth-order valence-corrected chi connectivity index (χ4v) is 1.60. The Balaban J connectivity index is 2.59. The van der Waals surface area contributed by atoms with E-state index in [1.807, 2.05) is 36.2 Å². The number of carbonyl (C=O) groups is 2. The molecule has 0 aliphatic carbocycles. The van der Waals surface area contributed by atoms with Gasteiger partial charge < -0.3 is 11.1 Å². The van der Waals surface area contributed by atoms with Gasteiger partial charge in [0, 0.05) is 19.3 Å². The number of nitrogens with two attached hydrogens (primary N) is 1. The Morgan fingerprint density at radius 3 is 2.68 bits per heavy atom. The van der Waals surface area contributed by atoms with Crippen molar-refractivity contribution in [3.8, 4) is 0 Å². The maximum atomic E-state index is 11.8. The fraction of sp³-hybridized carbons (Fsp3) is 0.385. The highest BCUT2D eigenvalue weighted by Gasteiger charge is 2.19. The van der Waals surface area contributed by atoms with Crippen LogP contribution in [-0.4, -0.2) is 37.0 Å². The van der Waals surface area contributed by atoms with Crippen LogP contribution in [0.1, 0.15) is 12.5 Å². The first-order valence-electron chi connectivity index (χ1n) is 6.01. The summed E-state index contributed by atoms with van der Waals surface area (Å²) < 4.78 is 0. The summed E-state index contributed by atoms with van der Waals surface area (Å²) in [4.78, 5) is 24.7. The van der Waals surface area contributed by atoms with Crippen molar-refractivity contribution in [2.24, 2.45) is 0 Å². The van der Waals surface area contributed by atoms with Crippen molar-refractivity contribution in [1.82, 2.24) is 15.5 Å². The van der Waals surface area contributed by atoms with E-state index in [0.717, 1.165) is 5.56 Å². The van der Waals surface area contributed by atoms with Gasteiger partial charge in [-0.25, -0.2) is 4.79 Å². The summed E-state index contributed by atoms with van der Waals surface area (Å²) in [7, 11) is 3.28. The molecule has 4 N–H and O–H groups in total. The molecule has 0 aromatic heterocycles. The summed E-state index contributed by atoms with van der Waals surface area (Å²) >= 11 is 0.